The minimum Gasteiger partial charge on any atom is -0.479 e. The first-order valence-corrected chi connectivity index (χ1v) is 5.86. The van der Waals surface area contributed by atoms with Gasteiger partial charge in [-0.1, -0.05) is 6.07 Å². The molecule has 1 aromatic heterocycles. The summed E-state index contributed by atoms with van der Waals surface area (Å²) in [4.78, 5) is 14.1. The maximum atomic E-state index is 10.3. The third-order valence-corrected chi connectivity index (χ3v) is 2.84. The number of hydrogen-bond acceptors (Lipinski definition) is 6. The van der Waals surface area contributed by atoms with E-state index in [9.17, 15) is 4.79 Å². The van der Waals surface area contributed by atoms with E-state index in [1.807, 2.05) is 6.92 Å². The molecule has 5 N–H and O–H groups in total. The number of nitrogens with zero attached hydrogens (tertiary/aromatic N) is 1. The van der Waals surface area contributed by atoms with Crippen LogP contribution in [0.1, 0.15) is 26.5 Å². The van der Waals surface area contributed by atoms with E-state index in [1.165, 1.54) is 20.0 Å². The lowest BCUT2D eigenvalue weighted by atomic mass is 9.82. The molecular formula is C12H20BNO6. The molecule has 0 aliphatic rings. The zero-order valence-electron chi connectivity index (χ0n) is 11.9. The predicted molar refractivity (Wildman–Crippen MR) is 73.4 cm³/mol. The molecule has 0 saturated carbocycles. The number of aryl methyl sites for hydroxylation is 1. The maximum Gasteiger partial charge on any atom is 0.490 e. The number of hydrogen-bond donors (Lipinski definition) is 5. The highest BCUT2D eigenvalue weighted by molar-refractivity contribution is 6.58. The number of carboxylic acid groups (broad SMARTS) is 1. The molecule has 1 atom stereocenters. The van der Waals surface area contributed by atoms with Gasteiger partial charge in [0.1, 0.15) is 0 Å². The van der Waals surface area contributed by atoms with Gasteiger partial charge in [-0.3, -0.25) is 4.98 Å². The lowest BCUT2D eigenvalue weighted by Gasteiger charge is -2.30. The van der Waals surface area contributed by atoms with Gasteiger partial charge in [-0.25, -0.2) is 4.79 Å². The zero-order chi connectivity index (χ0) is 16.1. The second-order valence-electron chi connectivity index (χ2n) is 5.04. The van der Waals surface area contributed by atoms with Crippen molar-refractivity contribution in [3.8, 4) is 0 Å². The Hall–Kier alpha value is -1.48. The van der Waals surface area contributed by atoms with Crippen LogP contribution >= 0.6 is 0 Å². The van der Waals surface area contributed by atoms with Crippen molar-refractivity contribution in [1.82, 2.24) is 4.98 Å². The fourth-order valence-corrected chi connectivity index (χ4v) is 0.894. The summed E-state index contributed by atoms with van der Waals surface area (Å²) in [7, 11) is -1.41. The minimum absolute atomic E-state index is 0.422. The molecule has 1 rings (SSSR count). The van der Waals surface area contributed by atoms with Crippen molar-refractivity contribution in [2.45, 2.75) is 38.9 Å². The monoisotopic (exact) mass is 285 g/mol. The number of carboxylic acids is 1. The normalized spacial score (nSPS) is 13.8. The second kappa shape index (κ2) is 6.80. The number of aromatic nitrogens is 1. The molecule has 1 unspecified atom stereocenters. The molecule has 0 amide bonds. The van der Waals surface area contributed by atoms with Gasteiger partial charge in [0.2, 0.25) is 0 Å². The van der Waals surface area contributed by atoms with Crippen molar-refractivity contribution in [2.24, 2.45) is 0 Å². The molecule has 112 valence electrons. The average molecular weight is 285 g/mol. The topological polar surface area (TPSA) is 131 Å². The van der Waals surface area contributed by atoms with E-state index in [0.717, 1.165) is 12.6 Å². The summed E-state index contributed by atoms with van der Waals surface area (Å²) >= 11 is 0. The van der Waals surface area contributed by atoms with Crippen LogP contribution in [0.2, 0.25) is 0 Å². The Balaban J connectivity index is 0.000000361. The minimum atomic E-state index is -2.09. The van der Waals surface area contributed by atoms with Gasteiger partial charge in [0.05, 0.1) is 5.60 Å². The highest BCUT2D eigenvalue weighted by Gasteiger charge is 2.44. The van der Waals surface area contributed by atoms with E-state index in [-0.39, 0.29) is 0 Å². The molecule has 0 fully saturated rings. The SMILES string of the molecule is CC(C)(O)C(C)(O)C(=O)O.Cc1ccc(B(O)O)cn1. The third kappa shape index (κ3) is 5.26. The van der Waals surface area contributed by atoms with E-state index < -0.39 is 24.3 Å². The number of carbonyl (C=O) groups is 1. The molecule has 8 heteroatoms. The lowest BCUT2D eigenvalue weighted by molar-refractivity contribution is -0.181. The Kier molecular flexibility index (Phi) is 6.30. The van der Waals surface area contributed by atoms with Crippen LogP contribution in [0.4, 0.5) is 0 Å². The first kappa shape index (κ1) is 18.5. The van der Waals surface area contributed by atoms with E-state index >= 15 is 0 Å². The van der Waals surface area contributed by atoms with E-state index in [1.54, 1.807) is 12.1 Å². The van der Waals surface area contributed by atoms with E-state index in [0.29, 0.717) is 5.46 Å². The number of rotatable bonds is 3. The number of aliphatic hydroxyl groups is 2. The standard InChI is InChI=1S/C6H8BNO2.C6H12O4/c1-5-2-3-6(4-8-5)7(9)10;1-5(2,9)6(3,10)4(7)8/h2-4,9-10H,1H3;9-10H,1-3H3,(H,7,8). The van der Waals surface area contributed by atoms with Crippen LogP contribution in [-0.2, 0) is 4.79 Å². The van der Waals surface area contributed by atoms with Crippen molar-refractivity contribution in [1.29, 1.82) is 0 Å². The van der Waals surface area contributed by atoms with E-state index in [2.05, 4.69) is 4.98 Å². The van der Waals surface area contributed by atoms with Crippen LogP contribution in [0.15, 0.2) is 18.3 Å². The summed E-state index contributed by atoms with van der Waals surface area (Å²) in [6.45, 7) is 5.37. The fraction of sp³-hybridized carbons (Fsp3) is 0.500. The molecule has 0 spiro atoms. The summed E-state index contributed by atoms with van der Waals surface area (Å²) in [5.74, 6) is -1.43. The maximum absolute atomic E-state index is 10.3. The Bertz CT molecular complexity index is 438. The predicted octanol–water partition coefficient (Wildman–Crippen LogP) is -1.34. The van der Waals surface area contributed by atoms with Crippen LogP contribution in [0.25, 0.3) is 0 Å². The molecule has 1 heterocycles. The number of aliphatic carboxylic acids is 1. The first-order valence-electron chi connectivity index (χ1n) is 5.86. The van der Waals surface area contributed by atoms with Gasteiger partial charge in [0.15, 0.2) is 5.60 Å². The molecule has 0 radical (unpaired) electrons. The quantitative estimate of drug-likeness (QED) is 0.434. The smallest absolute Gasteiger partial charge is 0.479 e. The van der Waals surface area contributed by atoms with Crippen molar-refractivity contribution in [3.05, 3.63) is 24.0 Å². The fourth-order valence-electron chi connectivity index (χ4n) is 0.894. The summed E-state index contributed by atoms with van der Waals surface area (Å²) in [5.41, 5.74) is -2.43. The van der Waals surface area contributed by atoms with Gasteiger partial charge in [-0.2, -0.15) is 0 Å². The molecular weight excluding hydrogens is 265 g/mol. The average Bonchev–Trinajstić information content (AvgIpc) is 2.28. The molecule has 0 aliphatic carbocycles. The van der Waals surface area contributed by atoms with Gasteiger partial charge in [0.25, 0.3) is 0 Å². The van der Waals surface area contributed by atoms with Gasteiger partial charge >= 0.3 is 13.1 Å². The van der Waals surface area contributed by atoms with Gasteiger partial charge < -0.3 is 25.4 Å². The first-order chi connectivity index (χ1) is 8.89. The highest BCUT2D eigenvalue weighted by atomic mass is 16.4. The lowest BCUT2D eigenvalue weighted by Crippen LogP contribution is -2.53. The van der Waals surface area contributed by atoms with Crippen LogP contribution in [0, 0.1) is 6.92 Å². The largest absolute Gasteiger partial charge is 0.490 e. The van der Waals surface area contributed by atoms with Gasteiger partial charge in [-0.05, 0) is 33.8 Å². The Morgan fingerprint density at radius 3 is 1.90 bits per heavy atom. The van der Waals surface area contributed by atoms with Gasteiger partial charge in [-0.15, -0.1) is 0 Å². The summed E-state index contributed by atoms with van der Waals surface area (Å²) < 4.78 is 0. The van der Waals surface area contributed by atoms with Crippen molar-refractivity contribution in [3.63, 3.8) is 0 Å². The molecule has 0 saturated heterocycles. The Morgan fingerprint density at radius 2 is 1.70 bits per heavy atom. The van der Waals surface area contributed by atoms with E-state index in [4.69, 9.17) is 25.4 Å². The summed E-state index contributed by atoms with van der Waals surface area (Å²) in [6.07, 6.45) is 1.44. The Morgan fingerprint density at radius 1 is 1.20 bits per heavy atom. The van der Waals surface area contributed by atoms with Crippen LogP contribution in [0.3, 0.4) is 0 Å². The summed E-state index contributed by atoms with van der Waals surface area (Å²) in [6, 6.07) is 3.36. The molecule has 0 aromatic carbocycles. The highest BCUT2D eigenvalue weighted by Crippen LogP contribution is 2.20. The molecule has 7 nitrogen and oxygen atoms in total. The van der Waals surface area contributed by atoms with Crippen LogP contribution in [0.5, 0.6) is 0 Å². The van der Waals surface area contributed by atoms with Crippen LogP contribution < -0.4 is 5.46 Å². The van der Waals surface area contributed by atoms with Gasteiger partial charge in [0, 0.05) is 17.4 Å². The van der Waals surface area contributed by atoms with Crippen molar-refractivity contribution < 1.29 is 30.2 Å². The van der Waals surface area contributed by atoms with Crippen molar-refractivity contribution >= 4 is 18.6 Å². The Labute approximate surface area is 117 Å². The molecule has 0 aliphatic heterocycles. The second-order valence-corrected chi connectivity index (χ2v) is 5.04. The van der Waals surface area contributed by atoms with Crippen molar-refractivity contribution in [2.75, 3.05) is 0 Å². The summed E-state index contributed by atoms with van der Waals surface area (Å²) in [5, 5.41) is 43.8. The number of pyridine rings is 1. The molecule has 0 bridgehead atoms. The molecule has 1 aromatic rings. The molecule has 20 heavy (non-hydrogen) atoms. The third-order valence-electron chi connectivity index (χ3n) is 2.84. The van der Waals surface area contributed by atoms with Crippen LogP contribution in [-0.4, -0.2) is 54.6 Å². The zero-order valence-corrected chi connectivity index (χ0v) is 11.9.